The van der Waals surface area contributed by atoms with Gasteiger partial charge in [0.25, 0.3) is 5.91 Å². The van der Waals surface area contributed by atoms with Crippen LogP contribution in [0.5, 0.6) is 0 Å². The minimum atomic E-state index is -4.40. The summed E-state index contributed by atoms with van der Waals surface area (Å²) in [7, 11) is 0. The first-order valence-corrected chi connectivity index (χ1v) is 9.90. The van der Waals surface area contributed by atoms with Gasteiger partial charge in [0, 0.05) is 36.6 Å². The number of rotatable bonds is 6. The van der Waals surface area contributed by atoms with Crippen LogP contribution in [0.4, 0.5) is 18.9 Å². The third kappa shape index (κ3) is 5.45. The number of benzene rings is 2. The van der Waals surface area contributed by atoms with E-state index in [1.165, 1.54) is 19.1 Å². The van der Waals surface area contributed by atoms with E-state index in [4.69, 9.17) is 0 Å². The van der Waals surface area contributed by atoms with Crippen LogP contribution in [0.1, 0.15) is 42.4 Å². The second-order valence-electron chi connectivity index (χ2n) is 7.87. The fourth-order valence-electron chi connectivity index (χ4n) is 3.28. The van der Waals surface area contributed by atoms with Gasteiger partial charge in [0.2, 0.25) is 5.91 Å². The van der Waals surface area contributed by atoms with Gasteiger partial charge in [-0.15, -0.1) is 0 Å². The summed E-state index contributed by atoms with van der Waals surface area (Å²) in [6.45, 7) is 6.10. The van der Waals surface area contributed by atoms with Crippen LogP contribution in [0.25, 0.3) is 10.9 Å². The van der Waals surface area contributed by atoms with E-state index in [1.54, 1.807) is 28.8 Å². The predicted molar refractivity (Wildman–Crippen MR) is 114 cm³/mol. The molecule has 0 bridgehead atoms. The highest BCUT2D eigenvalue weighted by molar-refractivity contribution is 6.00. The molecular weight excluding hydrogens is 407 g/mol. The molecule has 2 amide bonds. The third-order valence-corrected chi connectivity index (χ3v) is 4.75. The lowest BCUT2D eigenvalue weighted by Gasteiger charge is -2.13. The van der Waals surface area contributed by atoms with Crippen molar-refractivity contribution < 1.29 is 22.8 Å². The van der Waals surface area contributed by atoms with Crippen molar-refractivity contribution in [3.8, 4) is 0 Å². The topological polar surface area (TPSA) is 63.1 Å². The summed E-state index contributed by atoms with van der Waals surface area (Å²) >= 11 is 0. The molecule has 2 N–H and O–H groups in total. The Morgan fingerprint density at radius 3 is 2.29 bits per heavy atom. The van der Waals surface area contributed by atoms with Crippen LogP contribution >= 0.6 is 0 Å². The standard InChI is InChI=1S/C23H24F3N3O2/c1-14(2)12-27-22(31)21-11-17-10-19(28-15(3)30)8-9-20(17)29(21)13-16-4-6-18(7-5-16)23(24,25)26/h4-11,14H,12-13H2,1-3H3,(H,27,31)(H,28,30). The number of nitrogens with zero attached hydrogens (tertiary/aromatic N) is 1. The van der Waals surface area contributed by atoms with Gasteiger partial charge in [0.15, 0.2) is 0 Å². The lowest BCUT2D eigenvalue weighted by atomic mass is 10.1. The molecule has 8 heteroatoms. The Hall–Kier alpha value is -3.29. The normalized spacial score (nSPS) is 11.7. The second-order valence-corrected chi connectivity index (χ2v) is 7.87. The first-order valence-electron chi connectivity index (χ1n) is 9.90. The molecular formula is C23H24F3N3O2. The first-order chi connectivity index (χ1) is 14.5. The van der Waals surface area contributed by atoms with Crippen molar-refractivity contribution in [2.45, 2.75) is 33.5 Å². The Morgan fingerprint density at radius 1 is 1.03 bits per heavy atom. The van der Waals surface area contributed by atoms with Gasteiger partial charge in [-0.05, 0) is 47.9 Å². The molecule has 0 aliphatic carbocycles. The highest BCUT2D eigenvalue weighted by Crippen LogP contribution is 2.30. The van der Waals surface area contributed by atoms with E-state index < -0.39 is 11.7 Å². The molecule has 0 atom stereocenters. The van der Waals surface area contributed by atoms with Crippen LogP contribution in [-0.2, 0) is 17.5 Å². The third-order valence-electron chi connectivity index (χ3n) is 4.75. The highest BCUT2D eigenvalue weighted by atomic mass is 19.4. The maximum absolute atomic E-state index is 12.9. The number of hydrogen-bond acceptors (Lipinski definition) is 2. The molecule has 0 spiro atoms. The summed E-state index contributed by atoms with van der Waals surface area (Å²) in [5, 5.41) is 6.34. The monoisotopic (exact) mass is 431 g/mol. The smallest absolute Gasteiger partial charge is 0.351 e. The minimum Gasteiger partial charge on any atom is -0.351 e. The molecule has 0 saturated carbocycles. The first kappa shape index (κ1) is 22.4. The molecule has 0 aliphatic heterocycles. The Labute approximate surface area is 178 Å². The summed E-state index contributed by atoms with van der Waals surface area (Å²) in [5.41, 5.74) is 1.65. The zero-order chi connectivity index (χ0) is 22.8. The number of alkyl halides is 3. The zero-order valence-electron chi connectivity index (χ0n) is 17.5. The van der Waals surface area contributed by atoms with Crippen molar-refractivity contribution in [1.29, 1.82) is 0 Å². The van der Waals surface area contributed by atoms with Crippen molar-refractivity contribution in [2.75, 3.05) is 11.9 Å². The number of amides is 2. The molecule has 164 valence electrons. The number of aromatic nitrogens is 1. The van der Waals surface area contributed by atoms with E-state index in [9.17, 15) is 22.8 Å². The Morgan fingerprint density at radius 2 is 1.71 bits per heavy atom. The Kier molecular flexibility index (Phi) is 6.38. The van der Waals surface area contributed by atoms with E-state index in [-0.39, 0.29) is 24.3 Å². The predicted octanol–water partition coefficient (Wildman–Crippen LogP) is 5.05. The average molecular weight is 431 g/mol. The van der Waals surface area contributed by atoms with E-state index >= 15 is 0 Å². The zero-order valence-corrected chi connectivity index (χ0v) is 17.5. The number of carbonyl (C=O) groups excluding carboxylic acids is 2. The quantitative estimate of drug-likeness (QED) is 0.574. The Balaban J connectivity index is 2.00. The summed E-state index contributed by atoms with van der Waals surface area (Å²) in [6.07, 6.45) is -4.40. The van der Waals surface area contributed by atoms with E-state index in [2.05, 4.69) is 10.6 Å². The number of anilines is 1. The molecule has 0 radical (unpaired) electrons. The lowest BCUT2D eigenvalue weighted by Crippen LogP contribution is -2.29. The number of halogens is 3. The van der Waals surface area contributed by atoms with Crippen LogP contribution in [0.3, 0.4) is 0 Å². The fourth-order valence-corrected chi connectivity index (χ4v) is 3.28. The molecule has 0 fully saturated rings. The fraction of sp³-hybridized carbons (Fsp3) is 0.304. The van der Waals surface area contributed by atoms with Crippen molar-refractivity contribution in [3.05, 3.63) is 65.4 Å². The van der Waals surface area contributed by atoms with Gasteiger partial charge >= 0.3 is 6.18 Å². The van der Waals surface area contributed by atoms with Crippen LogP contribution in [0.15, 0.2) is 48.5 Å². The van der Waals surface area contributed by atoms with Gasteiger partial charge in [0.1, 0.15) is 5.69 Å². The molecule has 31 heavy (non-hydrogen) atoms. The number of nitrogens with one attached hydrogen (secondary N) is 2. The molecule has 0 saturated heterocycles. The van der Waals surface area contributed by atoms with Crippen LogP contribution < -0.4 is 10.6 Å². The van der Waals surface area contributed by atoms with Gasteiger partial charge in [-0.3, -0.25) is 9.59 Å². The second kappa shape index (κ2) is 8.83. The number of hydrogen-bond donors (Lipinski definition) is 2. The van der Waals surface area contributed by atoms with E-state index in [0.29, 0.717) is 23.5 Å². The maximum atomic E-state index is 12.9. The summed E-state index contributed by atoms with van der Waals surface area (Å²) in [4.78, 5) is 24.2. The van der Waals surface area contributed by atoms with Crippen molar-refractivity contribution >= 4 is 28.4 Å². The van der Waals surface area contributed by atoms with Gasteiger partial charge in [-0.2, -0.15) is 13.2 Å². The molecule has 2 aromatic carbocycles. The largest absolute Gasteiger partial charge is 0.416 e. The molecule has 3 rings (SSSR count). The SMILES string of the molecule is CC(=O)Nc1ccc2c(c1)cc(C(=O)NCC(C)C)n2Cc1ccc(C(F)(F)F)cc1. The molecule has 3 aromatic rings. The van der Waals surface area contributed by atoms with Gasteiger partial charge < -0.3 is 15.2 Å². The van der Waals surface area contributed by atoms with Gasteiger partial charge in [0.05, 0.1) is 5.56 Å². The minimum absolute atomic E-state index is 0.210. The van der Waals surface area contributed by atoms with Crippen LogP contribution in [-0.4, -0.2) is 22.9 Å². The van der Waals surface area contributed by atoms with Crippen molar-refractivity contribution in [2.24, 2.45) is 5.92 Å². The molecule has 1 heterocycles. The number of carbonyl (C=O) groups is 2. The van der Waals surface area contributed by atoms with Crippen LogP contribution in [0.2, 0.25) is 0 Å². The van der Waals surface area contributed by atoms with Gasteiger partial charge in [-0.25, -0.2) is 0 Å². The van der Waals surface area contributed by atoms with E-state index in [1.807, 2.05) is 13.8 Å². The Bertz CT molecular complexity index is 1100. The van der Waals surface area contributed by atoms with Crippen molar-refractivity contribution in [1.82, 2.24) is 9.88 Å². The van der Waals surface area contributed by atoms with Crippen LogP contribution in [0, 0.1) is 5.92 Å². The molecule has 0 unspecified atom stereocenters. The highest BCUT2D eigenvalue weighted by Gasteiger charge is 2.30. The summed E-state index contributed by atoms with van der Waals surface area (Å²) in [5.74, 6) is -0.209. The maximum Gasteiger partial charge on any atom is 0.416 e. The molecule has 0 aliphatic rings. The van der Waals surface area contributed by atoms with Gasteiger partial charge in [-0.1, -0.05) is 26.0 Å². The number of fused-ring (bicyclic) bond motifs is 1. The summed E-state index contributed by atoms with van der Waals surface area (Å²) in [6, 6.07) is 11.9. The summed E-state index contributed by atoms with van der Waals surface area (Å²) < 4.78 is 40.4. The molecule has 5 nitrogen and oxygen atoms in total. The molecule has 1 aromatic heterocycles. The average Bonchev–Trinajstić information content (AvgIpc) is 3.03. The van der Waals surface area contributed by atoms with Crippen molar-refractivity contribution in [3.63, 3.8) is 0 Å². The lowest BCUT2D eigenvalue weighted by molar-refractivity contribution is -0.137. The van der Waals surface area contributed by atoms with E-state index in [0.717, 1.165) is 23.0 Å².